The minimum Gasteiger partial charge on any atom is -0.338 e. The van der Waals surface area contributed by atoms with E-state index in [4.69, 9.17) is 0 Å². The molecule has 1 unspecified atom stereocenters. The van der Waals surface area contributed by atoms with Gasteiger partial charge >= 0.3 is 0 Å². The molecule has 1 aliphatic rings. The van der Waals surface area contributed by atoms with Crippen molar-refractivity contribution >= 4 is 22.5 Å². The van der Waals surface area contributed by atoms with Gasteiger partial charge in [0, 0.05) is 36.3 Å². The van der Waals surface area contributed by atoms with Gasteiger partial charge in [-0.2, -0.15) is 10.2 Å². The van der Waals surface area contributed by atoms with Crippen molar-refractivity contribution in [1.29, 1.82) is 0 Å². The zero-order valence-corrected chi connectivity index (χ0v) is 22.0. The number of hydrogen-bond donors (Lipinski definition) is 0. The van der Waals surface area contributed by atoms with Gasteiger partial charge in [0.15, 0.2) is 5.65 Å². The fourth-order valence-electron chi connectivity index (χ4n) is 6.18. The zero-order chi connectivity index (χ0) is 27.3. The van der Waals surface area contributed by atoms with E-state index in [1.54, 1.807) is 41.3 Å². The maximum absolute atomic E-state index is 13.8. The number of benzene rings is 3. The molecule has 1 atom stereocenters. The molecule has 0 saturated carbocycles. The van der Waals surface area contributed by atoms with Gasteiger partial charge in [-0.1, -0.05) is 30.3 Å². The largest absolute Gasteiger partial charge is 0.338 e. The number of fused-ring (bicyclic) bond motifs is 2. The summed E-state index contributed by atoms with van der Waals surface area (Å²) in [6, 6.07) is 23.0. The predicted molar refractivity (Wildman–Crippen MR) is 151 cm³/mol. The Morgan fingerprint density at radius 1 is 1.00 bits per heavy atom. The molecule has 40 heavy (non-hydrogen) atoms. The van der Waals surface area contributed by atoms with Crippen LogP contribution >= 0.6 is 0 Å². The first-order chi connectivity index (χ1) is 19.5. The highest BCUT2D eigenvalue weighted by atomic mass is 19.1. The molecule has 4 heterocycles. The van der Waals surface area contributed by atoms with Gasteiger partial charge in [-0.05, 0) is 78.9 Å². The Labute approximate surface area is 230 Å². The maximum atomic E-state index is 13.8. The SMILES string of the molecule is Cc1cc2c(cnn2-c2ccc(F)cc2)cc1C1(Cc2ccccc2)CCN(C(=O)c2cnn3cccnc23)C1. The number of carbonyl (C=O) groups excluding carboxylic acids is 1. The van der Waals surface area contributed by atoms with Crippen molar-refractivity contribution in [1.82, 2.24) is 29.3 Å². The minimum atomic E-state index is -0.276. The fourth-order valence-corrected chi connectivity index (χ4v) is 6.18. The molecule has 6 aromatic rings. The first-order valence-corrected chi connectivity index (χ1v) is 13.4. The lowest BCUT2D eigenvalue weighted by atomic mass is 9.73. The molecule has 3 aromatic carbocycles. The second-order valence-electron chi connectivity index (χ2n) is 10.6. The molecule has 7 rings (SSSR count). The maximum Gasteiger partial charge on any atom is 0.259 e. The van der Waals surface area contributed by atoms with Gasteiger partial charge in [0.2, 0.25) is 0 Å². The molecule has 1 aliphatic heterocycles. The summed E-state index contributed by atoms with van der Waals surface area (Å²) in [6.07, 6.45) is 8.60. The second-order valence-corrected chi connectivity index (χ2v) is 10.6. The van der Waals surface area contributed by atoms with Gasteiger partial charge in [0.05, 0.1) is 23.6 Å². The minimum absolute atomic E-state index is 0.0495. The molecule has 0 radical (unpaired) electrons. The van der Waals surface area contributed by atoms with Crippen LogP contribution in [0.25, 0.3) is 22.2 Å². The normalized spacial score (nSPS) is 17.2. The average molecular weight is 531 g/mol. The van der Waals surface area contributed by atoms with Gasteiger partial charge < -0.3 is 4.90 Å². The van der Waals surface area contributed by atoms with E-state index in [-0.39, 0.29) is 17.1 Å². The summed E-state index contributed by atoms with van der Waals surface area (Å²) >= 11 is 0. The number of halogens is 1. The Morgan fingerprint density at radius 3 is 2.65 bits per heavy atom. The van der Waals surface area contributed by atoms with Gasteiger partial charge in [-0.25, -0.2) is 18.6 Å². The van der Waals surface area contributed by atoms with Crippen LogP contribution < -0.4 is 0 Å². The van der Waals surface area contributed by atoms with Crippen LogP contribution in [0.2, 0.25) is 0 Å². The van der Waals surface area contributed by atoms with Gasteiger partial charge in [-0.3, -0.25) is 4.79 Å². The number of amides is 1. The third-order valence-corrected chi connectivity index (χ3v) is 8.09. The molecule has 198 valence electrons. The van der Waals surface area contributed by atoms with Crippen molar-refractivity contribution in [3.63, 3.8) is 0 Å². The third-order valence-electron chi connectivity index (χ3n) is 8.09. The van der Waals surface area contributed by atoms with E-state index in [0.717, 1.165) is 35.0 Å². The predicted octanol–water partition coefficient (Wildman–Crippen LogP) is 5.54. The lowest BCUT2D eigenvalue weighted by molar-refractivity contribution is 0.0785. The third kappa shape index (κ3) is 4.04. The molecule has 0 spiro atoms. The number of rotatable bonds is 5. The Morgan fingerprint density at radius 2 is 1.82 bits per heavy atom. The molecule has 0 bridgehead atoms. The van der Waals surface area contributed by atoms with Crippen LogP contribution in [0.4, 0.5) is 4.39 Å². The Balaban J connectivity index is 1.29. The van der Waals surface area contributed by atoms with Gasteiger partial charge in [-0.15, -0.1) is 0 Å². The van der Waals surface area contributed by atoms with E-state index in [0.29, 0.717) is 24.3 Å². The number of aryl methyl sites for hydroxylation is 1. The summed E-state index contributed by atoms with van der Waals surface area (Å²) in [6.45, 7) is 3.36. The molecule has 0 N–H and O–H groups in total. The van der Waals surface area contributed by atoms with E-state index >= 15 is 0 Å². The smallest absolute Gasteiger partial charge is 0.259 e. The molecular formula is C32H27FN6O. The van der Waals surface area contributed by atoms with Crippen LogP contribution in [0, 0.1) is 12.7 Å². The van der Waals surface area contributed by atoms with Crippen LogP contribution in [0.3, 0.4) is 0 Å². The topological polar surface area (TPSA) is 68.3 Å². The highest BCUT2D eigenvalue weighted by molar-refractivity contribution is 6.00. The molecular weight excluding hydrogens is 503 g/mol. The van der Waals surface area contributed by atoms with Crippen LogP contribution in [0.15, 0.2) is 97.6 Å². The number of likely N-dealkylation sites (tertiary alicyclic amines) is 1. The van der Waals surface area contributed by atoms with Gasteiger partial charge in [0.1, 0.15) is 11.4 Å². The van der Waals surface area contributed by atoms with Crippen molar-refractivity contribution in [3.8, 4) is 5.69 Å². The zero-order valence-electron chi connectivity index (χ0n) is 22.0. The van der Waals surface area contributed by atoms with Crippen molar-refractivity contribution in [2.45, 2.75) is 25.2 Å². The van der Waals surface area contributed by atoms with E-state index < -0.39 is 0 Å². The highest BCUT2D eigenvalue weighted by Crippen LogP contribution is 2.41. The summed E-state index contributed by atoms with van der Waals surface area (Å²) < 4.78 is 17.0. The average Bonchev–Trinajstić information content (AvgIpc) is 3.71. The quantitative estimate of drug-likeness (QED) is 0.293. The lowest BCUT2D eigenvalue weighted by Gasteiger charge is -2.32. The highest BCUT2D eigenvalue weighted by Gasteiger charge is 2.43. The first kappa shape index (κ1) is 24.2. The molecule has 1 saturated heterocycles. The first-order valence-electron chi connectivity index (χ1n) is 13.4. The molecule has 1 amide bonds. The molecule has 7 nitrogen and oxygen atoms in total. The van der Waals surface area contributed by atoms with E-state index in [2.05, 4.69) is 58.5 Å². The number of carbonyl (C=O) groups is 1. The number of hydrogen-bond acceptors (Lipinski definition) is 4. The van der Waals surface area contributed by atoms with Gasteiger partial charge in [0.25, 0.3) is 5.91 Å². The Hall–Kier alpha value is -4.85. The van der Waals surface area contributed by atoms with Crippen LogP contribution in [-0.4, -0.2) is 48.3 Å². The van der Waals surface area contributed by atoms with Crippen molar-refractivity contribution in [2.75, 3.05) is 13.1 Å². The summed E-state index contributed by atoms with van der Waals surface area (Å²) in [5.74, 6) is -0.326. The molecule has 1 fully saturated rings. The summed E-state index contributed by atoms with van der Waals surface area (Å²) in [5, 5.41) is 9.97. The monoisotopic (exact) mass is 530 g/mol. The van der Waals surface area contributed by atoms with Crippen LogP contribution in [0.5, 0.6) is 0 Å². The van der Waals surface area contributed by atoms with Crippen LogP contribution in [-0.2, 0) is 11.8 Å². The summed E-state index contributed by atoms with van der Waals surface area (Å²) in [7, 11) is 0. The summed E-state index contributed by atoms with van der Waals surface area (Å²) in [4.78, 5) is 20.1. The van der Waals surface area contributed by atoms with E-state index in [9.17, 15) is 9.18 Å². The van der Waals surface area contributed by atoms with Crippen LogP contribution in [0.1, 0.15) is 33.5 Å². The van der Waals surface area contributed by atoms with Crippen molar-refractivity contribution in [2.24, 2.45) is 0 Å². The summed E-state index contributed by atoms with van der Waals surface area (Å²) in [5.41, 5.74) is 6.17. The molecule has 3 aromatic heterocycles. The van der Waals surface area contributed by atoms with E-state index in [1.807, 2.05) is 21.8 Å². The number of nitrogens with zero attached hydrogens (tertiary/aromatic N) is 6. The lowest BCUT2D eigenvalue weighted by Crippen LogP contribution is -2.36. The molecule has 8 heteroatoms. The Bertz CT molecular complexity index is 1860. The standard InChI is InChI=1S/C32H27FN6O/c1-22-16-29-24(19-36-39(29)26-10-8-25(33)9-11-26)17-28(22)32(18-23-6-3-2-4-7-23)12-15-37(21-32)31(40)27-20-35-38-14-5-13-34-30(27)38/h2-11,13-14,16-17,19-20H,12,15,18,21H2,1H3. The van der Waals surface area contributed by atoms with Crippen molar-refractivity contribution < 1.29 is 9.18 Å². The number of aromatic nitrogens is 5. The fraction of sp³-hybridized carbons (Fsp3) is 0.188. The Kier molecular flexibility index (Phi) is 5.70. The van der Waals surface area contributed by atoms with Crippen molar-refractivity contribution in [3.05, 3.63) is 126 Å². The second kappa shape index (κ2) is 9.41. The van der Waals surface area contributed by atoms with E-state index in [1.165, 1.54) is 23.3 Å². The molecule has 0 aliphatic carbocycles.